The van der Waals surface area contributed by atoms with E-state index in [2.05, 4.69) is 32.4 Å². The van der Waals surface area contributed by atoms with Crippen LogP contribution >= 0.6 is 0 Å². The highest BCUT2D eigenvalue weighted by molar-refractivity contribution is 6.00. The Kier molecular flexibility index (Phi) is 5.42. The lowest BCUT2D eigenvalue weighted by molar-refractivity contribution is -0.135. The number of rotatable bonds is 2. The molecule has 3 aliphatic heterocycles. The van der Waals surface area contributed by atoms with Crippen LogP contribution in [0.5, 0.6) is 0 Å². The molecule has 0 radical (unpaired) electrons. The smallest absolute Gasteiger partial charge is 0.316 e. The fourth-order valence-electron chi connectivity index (χ4n) is 5.49. The van der Waals surface area contributed by atoms with Gasteiger partial charge in [0.05, 0.1) is 22.0 Å². The standard InChI is InChI=1S/C26H25N7O4/c1-31-20-12-16(4-5-18(20)33(25(31)37)19-6-7-21(34)30-22(19)35)2-3-17-13-28-24(29-14-17)32-11-9-26(23(32)36)8-10-27-15-26/h4-5,12-14,19,27H,6-11,15H2,1H3,(H,30,34,35). The second-order valence-corrected chi connectivity index (χ2v) is 9.82. The first-order chi connectivity index (χ1) is 17.9. The van der Waals surface area contributed by atoms with Gasteiger partial charge in [0.25, 0.3) is 0 Å². The van der Waals surface area contributed by atoms with E-state index in [9.17, 15) is 19.2 Å². The molecular weight excluding hydrogens is 474 g/mol. The van der Waals surface area contributed by atoms with Crippen LogP contribution in [0, 0.1) is 17.3 Å². The Balaban J connectivity index is 1.24. The summed E-state index contributed by atoms with van der Waals surface area (Å²) < 4.78 is 2.91. The first-order valence-electron chi connectivity index (χ1n) is 12.3. The number of hydrogen-bond donors (Lipinski definition) is 2. The van der Waals surface area contributed by atoms with Crippen molar-refractivity contribution in [3.05, 3.63) is 52.2 Å². The maximum Gasteiger partial charge on any atom is 0.329 e. The van der Waals surface area contributed by atoms with Gasteiger partial charge >= 0.3 is 5.69 Å². The minimum Gasteiger partial charge on any atom is -0.316 e. The van der Waals surface area contributed by atoms with E-state index in [4.69, 9.17) is 0 Å². The van der Waals surface area contributed by atoms with E-state index < -0.39 is 11.9 Å². The third-order valence-electron chi connectivity index (χ3n) is 7.60. The van der Waals surface area contributed by atoms with Crippen LogP contribution in [0.25, 0.3) is 11.0 Å². The van der Waals surface area contributed by atoms with E-state index in [0.29, 0.717) is 41.2 Å². The molecule has 3 aromatic rings. The molecule has 3 saturated heterocycles. The number of carbonyl (C=O) groups excluding carboxylic acids is 3. The van der Waals surface area contributed by atoms with Gasteiger partial charge < -0.3 is 5.32 Å². The zero-order valence-corrected chi connectivity index (χ0v) is 20.3. The molecule has 1 aromatic carbocycles. The SMILES string of the molecule is Cn1c(=O)n(C2CCC(=O)NC2=O)c2ccc(C#Cc3cnc(N4CCC5(CCNC5)C4=O)nc3)cc21. The predicted molar refractivity (Wildman–Crippen MR) is 134 cm³/mol. The van der Waals surface area contributed by atoms with Crippen molar-refractivity contribution in [2.45, 2.75) is 31.7 Å². The fourth-order valence-corrected chi connectivity index (χ4v) is 5.49. The number of benzene rings is 1. The van der Waals surface area contributed by atoms with Gasteiger partial charge in [0.2, 0.25) is 23.7 Å². The number of nitrogens with one attached hydrogen (secondary N) is 2. The van der Waals surface area contributed by atoms with E-state index in [-0.39, 0.29) is 35.8 Å². The average Bonchev–Trinajstić information content (AvgIpc) is 3.57. The van der Waals surface area contributed by atoms with Crippen LogP contribution in [0.2, 0.25) is 0 Å². The van der Waals surface area contributed by atoms with Crippen molar-refractivity contribution < 1.29 is 14.4 Å². The molecule has 1 spiro atoms. The third-order valence-corrected chi connectivity index (χ3v) is 7.60. The molecule has 0 aliphatic carbocycles. The van der Waals surface area contributed by atoms with Gasteiger partial charge in [-0.15, -0.1) is 0 Å². The van der Waals surface area contributed by atoms with Crippen molar-refractivity contribution in [2.24, 2.45) is 12.5 Å². The molecule has 188 valence electrons. The normalized spacial score (nSPS) is 23.5. The predicted octanol–water partition coefficient (Wildman–Crippen LogP) is 0.224. The van der Waals surface area contributed by atoms with Crippen LogP contribution in [0.3, 0.4) is 0 Å². The summed E-state index contributed by atoms with van der Waals surface area (Å²) in [7, 11) is 1.64. The van der Waals surface area contributed by atoms with Crippen molar-refractivity contribution in [2.75, 3.05) is 24.5 Å². The lowest BCUT2D eigenvalue weighted by atomic mass is 9.86. The number of carbonyl (C=O) groups is 3. The summed E-state index contributed by atoms with van der Waals surface area (Å²) in [6.07, 6.45) is 5.33. The van der Waals surface area contributed by atoms with Gasteiger partial charge in [-0.1, -0.05) is 11.8 Å². The van der Waals surface area contributed by atoms with Gasteiger partial charge in [-0.25, -0.2) is 14.8 Å². The number of imidazole rings is 1. The summed E-state index contributed by atoms with van der Waals surface area (Å²) in [6.45, 7) is 2.18. The quantitative estimate of drug-likeness (QED) is 0.381. The highest BCUT2D eigenvalue weighted by Crippen LogP contribution is 2.38. The van der Waals surface area contributed by atoms with Crippen molar-refractivity contribution in [3.63, 3.8) is 0 Å². The van der Waals surface area contributed by atoms with Gasteiger partial charge in [-0.05, 0) is 44.0 Å². The minimum absolute atomic E-state index is 0.0829. The van der Waals surface area contributed by atoms with Crippen molar-refractivity contribution in [1.82, 2.24) is 29.7 Å². The van der Waals surface area contributed by atoms with Gasteiger partial charge in [-0.3, -0.25) is 33.7 Å². The molecule has 2 N–H and O–H groups in total. The van der Waals surface area contributed by atoms with Crippen LogP contribution in [0.15, 0.2) is 35.4 Å². The Morgan fingerprint density at radius 1 is 1.03 bits per heavy atom. The van der Waals surface area contributed by atoms with Gasteiger partial charge in [-0.2, -0.15) is 0 Å². The second-order valence-electron chi connectivity index (χ2n) is 9.82. The van der Waals surface area contributed by atoms with E-state index in [0.717, 1.165) is 19.4 Å². The summed E-state index contributed by atoms with van der Waals surface area (Å²) in [5, 5.41) is 5.59. The monoisotopic (exact) mass is 499 g/mol. The number of aromatic nitrogens is 4. The summed E-state index contributed by atoms with van der Waals surface area (Å²) in [4.78, 5) is 60.2. The highest BCUT2D eigenvalue weighted by Gasteiger charge is 2.49. The molecule has 3 amide bonds. The lowest BCUT2D eigenvalue weighted by Crippen LogP contribution is -2.44. The van der Waals surface area contributed by atoms with E-state index >= 15 is 0 Å². The molecule has 0 saturated carbocycles. The second kappa shape index (κ2) is 8.67. The number of hydrogen-bond acceptors (Lipinski definition) is 7. The molecule has 5 heterocycles. The Bertz CT molecular complexity index is 1570. The van der Waals surface area contributed by atoms with Crippen molar-refractivity contribution in [3.8, 4) is 11.8 Å². The zero-order valence-electron chi connectivity index (χ0n) is 20.3. The van der Waals surface area contributed by atoms with Gasteiger partial charge in [0.15, 0.2) is 0 Å². The Labute approximate surface area is 211 Å². The Morgan fingerprint density at radius 3 is 2.54 bits per heavy atom. The van der Waals surface area contributed by atoms with Gasteiger partial charge in [0, 0.05) is 44.5 Å². The molecule has 2 atom stereocenters. The summed E-state index contributed by atoms with van der Waals surface area (Å²) in [5.41, 5.74) is 1.87. The average molecular weight is 500 g/mol. The van der Waals surface area contributed by atoms with Crippen LogP contribution < -0.4 is 21.2 Å². The maximum atomic E-state index is 12.9. The van der Waals surface area contributed by atoms with Crippen LogP contribution in [-0.2, 0) is 21.4 Å². The number of imide groups is 1. The molecule has 6 rings (SSSR count). The minimum atomic E-state index is -0.733. The molecule has 3 aliphatic rings. The van der Waals surface area contributed by atoms with Crippen LogP contribution in [0.4, 0.5) is 5.95 Å². The van der Waals surface area contributed by atoms with E-state index in [1.165, 1.54) is 9.13 Å². The van der Waals surface area contributed by atoms with Crippen molar-refractivity contribution >= 4 is 34.7 Å². The number of fused-ring (bicyclic) bond motifs is 1. The number of piperidine rings is 1. The fraction of sp³-hybridized carbons (Fsp3) is 0.385. The summed E-state index contributed by atoms with van der Waals surface area (Å²) in [6, 6.07) is 4.60. The zero-order chi connectivity index (χ0) is 25.7. The van der Waals surface area contributed by atoms with Crippen LogP contribution in [-0.4, -0.2) is 56.5 Å². The third kappa shape index (κ3) is 3.81. The number of amides is 3. The number of nitrogens with zero attached hydrogens (tertiary/aromatic N) is 5. The molecular formula is C26H25N7O4. The molecule has 2 unspecified atom stereocenters. The molecule has 2 aromatic heterocycles. The topological polar surface area (TPSA) is 131 Å². The molecule has 0 bridgehead atoms. The van der Waals surface area contributed by atoms with E-state index in [1.54, 1.807) is 42.5 Å². The Hall–Kier alpha value is -4.30. The molecule has 3 fully saturated rings. The molecule has 11 heteroatoms. The highest BCUT2D eigenvalue weighted by atomic mass is 16.2. The van der Waals surface area contributed by atoms with Crippen LogP contribution in [0.1, 0.15) is 42.9 Å². The Morgan fingerprint density at radius 2 is 1.81 bits per heavy atom. The maximum absolute atomic E-state index is 12.9. The largest absolute Gasteiger partial charge is 0.329 e. The molecule has 37 heavy (non-hydrogen) atoms. The molecule has 11 nitrogen and oxygen atoms in total. The summed E-state index contributed by atoms with van der Waals surface area (Å²) >= 11 is 0. The van der Waals surface area contributed by atoms with E-state index in [1.807, 2.05) is 0 Å². The summed E-state index contributed by atoms with van der Waals surface area (Å²) in [5.74, 6) is 5.79. The van der Waals surface area contributed by atoms with Crippen molar-refractivity contribution in [1.29, 1.82) is 0 Å². The first-order valence-corrected chi connectivity index (χ1v) is 12.3. The first kappa shape index (κ1) is 23.1. The number of anilines is 1. The number of aryl methyl sites for hydroxylation is 1. The van der Waals surface area contributed by atoms with Gasteiger partial charge in [0.1, 0.15) is 6.04 Å². The lowest BCUT2D eigenvalue weighted by Gasteiger charge is -2.21.